The van der Waals surface area contributed by atoms with Crippen molar-refractivity contribution in [2.24, 2.45) is 0 Å². The molecule has 2 nitrogen and oxygen atoms in total. The molecule has 5 aromatic carbocycles. The first-order chi connectivity index (χ1) is 15.4. The summed E-state index contributed by atoms with van der Waals surface area (Å²) in [5.74, 6) is 0. The first kappa shape index (κ1) is 20.8. The predicted molar refractivity (Wildman–Crippen MR) is 133 cm³/mol. The first-order valence-electron chi connectivity index (χ1n) is 10.2. The molecular formula is C27H20FO2PS. The van der Waals surface area contributed by atoms with Crippen LogP contribution in [-0.2, 0) is 10.2 Å². The number of benzene rings is 5. The molecule has 0 heterocycles. The molecule has 0 fully saturated rings. The molecule has 0 unspecified atom stereocenters. The fourth-order valence-electron chi connectivity index (χ4n) is 4.06. The number of aryl methyl sites for hydroxylation is 1. The van der Waals surface area contributed by atoms with Crippen molar-refractivity contribution in [2.45, 2.75) is 11.8 Å². The van der Waals surface area contributed by atoms with Crippen LogP contribution in [0, 0.1) is 6.92 Å². The van der Waals surface area contributed by atoms with Crippen molar-refractivity contribution < 1.29 is 12.3 Å². The van der Waals surface area contributed by atoms with Gasteiger partial charge in [0.2, 0.25) is 0 Å². The zero-order chi connectivity index (χ0) is 22.3. The van der Waals surface area contributed by atoms with Crippen LogP contribution in [0.15, 0.2) is 108 Å². The molecule has 0 aromatic heterocycles. The minimum Gasteiger partial charge on any atom is -0.189 e. The number of hydrogen-bond acceptors (Lipinski definition) is 2. The van der Waals surface area contributed by atoms with Gasteiger partial charge < -0.3 is 0 Å². The third-order valence-corrected chi connectivity index (χ3v) is 9.08. The average Bonchev–Trinajstić information content (AvgIpc) is 2.79. The summed E-state index contributed by atoms with van der Waals surface area (Å²) in [5, 5.41) is 6.79. The van der Waals surface area contributed by atoms with Gasteiger partial charge in [-0.05, 0) is 70.8 Å². The van der Waals surface area contributed by atoms with Crippen LogP contribution in [0.25, 0.3) is 21.5 Å². The SMILES string of the molecule is Cc1ccc(P(c2ccc3ccccc3c2)c2ccc3ccccc3c2)c(S(=O)(=O)F)c1. The van der Waals surface area contributed by atoms with Crippen LogP contribution >= 0.6 is 7.92 Å². The minimum atomic E-state index is -4.89. The van der Waals surface area contributed by atoms with Gasteiger partial charge in [0.15, 0.2) is 0 Å². The van der Waals surface area contributed by atoms with Gasteiger partial charge in [0, 0.05) is 5.30 Å². The normalized spacial score (nSPS) is 12.0. The molecule has 0 aliphatic rings. The highest BCUT2D eigenvalue weighted by atomic mass is 32.3. The Morgan fingerprint density at radius 2 is 1.12 bits per heavy atom. The van der Waals surface area contributed by atoms with E-state index in [0.29, 0.717) is 10.9 Å². The lowest BCUT2D eigenvalue weighted by Crippen LogP contribution is -2.24. The van der Waals surface area contributed by atoms with E-state index in [1.807, 2.05) is 78.9 Å². The second kappa shape index (κ2) is 8.12. The summed E-state index contributed by atoms with van der Waals surface area (Å²) in [7, 11) is -6.19. The maximum absolute atomic E-state index is 14.4. The van der Waals surface area contributed by atoms with Crippen LogP contribution in [0.2, 0.25) is 0 Å². The minimum absolute atomic E-state index is 0.245. The van der Waals surface area contributed by atoms with E-state index in [1.54, 1.807) is 13.0 Å². The maximum Gasteiger partial charge on any atom is 0.332 e. The Labute approximate surface area is 188 Å². The van der Waals surface area contributed by atoms with Gasteiger partial charge in [0.1, 0.15) is 4.90 Å². The summed E-state index contributed by atoms with van der Waals surface area (Å²) in [6.07, 6.45) is 0. The summed E-state index contributed by atoms with van der Waals surface area (Å²) in [4.78, 5) is -0.245. The highest BCUT2D eigenvalue weighted by Crippen LogP contribution is 2.37. The molecule has 5 heteroatoms. The molecule has 0 spiro atoms. The first-order valence-corrected chi connectivity index (χ1v) is 13.0. The molecule has 0 bridgehead atoms. The van der Waals surface area contributed by atoms with Crippen molar-refractivity contribution in [3.8, 4) is 0 Å². The quantitative estimate of drug-likeness (QED) is 0.255. The molecule has 0 aliphatic heterocycles. The van der Waals surface area contributed by atoms with Crippen LogP contribution < -0.4 is 15.9 Å². The van der Waals surface area contributed by atoms with Crippen LogP contribution in [-0.4, -0.2) is 8.42 Å². The van der Waals surface area contributed by atoms with Crippen LogP contribution in [0.3, 0.4) is 0 Å². The smallest absolute Gasteiger partial charge is 0.189 e. The van der Waals surface area contributed by atoms with E-state index in [9.17, 15) is 12.3 Å². The fourth-order valence-corrected chi connectivity index (χ4v) is 7.65. The molecule has 0 saturated carbocycles. The molecule has 5 rings (SSSR count). The van der Waals surface area contributed by atoms with E-state index in [1.165, 1.54) is 6.07 Å². The van der Waals surface area contributed by atoms with Gasteiger partial charge in [-0.1, -0.05) is 84.9 Å². The Balaban J connectivity index is 1.81. The van der Waals surface area contributed by atoms with Crippen molar-refractivity contribution >= 4 is 55.6 Å². The van der Waals surface area contributed by atoms with Gasteiger partial charge in [0.25, 0.3) is 0 Å². The second-order valence-electron chi connectivity index (χ2n) is 7.81. The number of hydrogen-bond donors (Lipinski definition) is 0. The Kier molecular flexibility index (Phi) is 5.28. The van der Waals surface area contributed by atoms with Crippen molar-refractivity contribution in [3.05, 3.63) is 109 Å². The molecule has 0 N–H and O–H groups in total. The van der Waals surface area contributed by atoms with E-state index < -0.39 is 18.1 Å². The summed E-state index contributed by atoms with van der Waals surface area (Å²) < 4.78 is 38.7. The van der Waals surface area contributed by atoms with Gasteiger partial charge in [-0.15, -0.1) is 3.89 Å². The Morgan fingerprint density at radius 3 is 1.62 bits per heavy atom. The third kappa shape index (κ3) is 3.92. The average molecular weight is 458 g/mol. The lowest BCUT2D eigenvalue weighted by Gasteiger charge is -2.22. The molecule has 0 atom stereocenters. The van der Waals surface area contributed by atoms with E-state index in [4.69, 9.17) is 0 Å². The lowest BCUT2D eigenvalue weighted by atomic mass is 10.1. The van der Waals surface area contributed by atoms with E-state index in [2.05, 4.69) is 12.1 Å². The summed E-state index contributed by atoms with van der Waals surface area (Å²) in [6.45, 7) is 1.77. The van der Waals surface area contributed by atoms with Gasteiger partial charge in [0.05, 0.1) is 0 Å². The van der Waals surface area contributed by atoms with Crippen molar-refractivity contribution in [1.29, 1.82) is 0 Å². The largest absolute Gasteiger partial charge is 0.332 e. The third-order valence-electron chi connectivity index (χ3n) is 5.60. The fraction of sp³-hybridized carbons (Fsp3) is 0.0370. The number of rotatable bonds is 4. The molecule has 32 heavy (non-hydrogen) atoms. The van der Waals surface area contributed by atoms with Crippen LogP contribution in [0.1, 0.15) is 5.56 Å². The monoisotopic (exact) mass is 458 g/mol. The van der Waals surface area contributed by atoms with Crippen LogP contribution in [0.5, 0.6) is 0 Å². The van der Waals surface area contributed by atoms with Crippen molar-refractivity contribution in [1.82, 2.24) is 0 Å². The molecular weight excluding hydrogens is 438 g/mol. The highest BCUT2D eigenvalue weighted by molar-refractivity contribution is 7.88. The summed E-state index contributed by atoms with van der Waals surface area (Å²) in [6, 6.07) is 33.4. The molecule has 0 saturated heterocycles. The van der Waals surface area contributed by atoms with Crippen molar-refractivity contribution in [3.63, 3.8) is 0 Å². The zero-order valence-corrected chi connectivity index (χ0v) is 19.1. The number of fused-ring (bicyclic) bond motifs is 2. The molecule has 0 aliphatic carbocycles. The Bertz CT molecular complexity index is 1500. The summed E-state index contributed by atoms with van der Waals surface area (Å²) >= 11 is 0. The van der Waals surface area contributed by atoms with Gasteiger partial charge in [-0.25, -0.2) is 0 Å². The molecule has 5 aromatic rings. The predicted octanol–water partition coefficient (Wildman–Crippen LogP) is 5.72. The van der Waals surface area contributed by atoms with E-state index in [0.717, 1.165) is 32.2 Å². The zero-order valence-electron chi connectivity index (χ0n) is 17.4. The standard InChI is InChI=1S/C27H20FO2PS/c1-19-10-15-26(27(16-19)32(28,29)30)31(24-13-11-20-6-2-4-8-22(20)17-24)25-14-12-21-7-3-5-9-23(21)18-25/h2-18H,1H3. The molecule has 0 amide bonds. The lowest BCUT2D eigenvalue weighted by molar-refractivity contribution is 0.552. The number of halogens is 1. The maximum atomic E-state index is 14.4. The Hall–Kier alpha value is -3.07. The van der Waals surface area contributed by atoms with Gasteiger partial charge in [-0.3, -0.25) is 0 Å². The second-order valence-corrected chi connectivity index (χ2v) is 11.3. The topological polar surface area (TPSA) is 34.1 Å². The van der Waals surface area contributed by atoms with Gasteiger partial charge >= 0.3 is 10.2 Å². The van der Waals surface area contributed by atoms with Crippen molar-refractivity contribution in [2.75, 3.05) is 0 Å². The van der Waals surface area contributed by atoms with E-state index >= 15 is 0 Å². The van der Waals surface area contributed by atoms with Crippen LogP contribution in [0.4, 0.5) is 3.89 Å². The molecule has 158 valence electrons. The highest BCUT2D eigenvalue weighted by Gasteiger charge is 2.26. The summed E-state index contributed by atoms with van der Waals surface area (Å²) in [5.41, 5.74) is 0.706. The molecule has 0 radical (unpaired) electrons. The van der Waals surface area contributed by atoms with Gasteiger partial charge in [-0.2, -0.15) is 8.42 Å². The van der Waals surface area contributed by atoms with E-state index in [-0.39, 0.29) is 4.90 Å². The Morgan fingerprint density at radius 1 is 0.625 bits per heavy atom.